The van der Waals surface area contributed by atoms with Gasteiger partial charge in [0.25, 0.3) is 5.91 Å². The number of alkyl halides is 3. The average Bonchev–Trinajstić information content (AvgIpc) is 3.36. The molecule has 1 amide bonds. The minimum absolute atomic E-state index is 0.122. The van der Waals surface area contributed by atoms with Crippen molar-refractivity contribution in [2.24, 2.45) is 5.73 Å². The average molecular weight is 516 g/mol. The van der Waals surface area contributed by atoms with Gasteiger partial charge in [-0.1, -0.05) is 36.3 Å². The topological polar surface area (TPSA) is 96.8 Å². The molecule has 1 aliphatic heterocycles. The van der Waals surface area contributed by atoms with Gasteiger partial charge >= 0.3 is 12.1 Å². The normalized spacial score (nSPS) is 13.7. The van der Waals surface area contributed by atoms with E-state index in [1.165, 1.54) is 17.7 Å². The first-order chi connectivity index (χ1) is 17.6. The summed E-state index contributed by atoms with van der Waals surface area (Å²) in [5, 5.41) is 7.12. The Morgan fingerprint density at radius 2 is 1.70 bits per heavy atom. The fourth-order valence-corrected chi connectivity index (χ4v) is 3.77. The number of carboxylic acid groups (broad SMARTS) is 1. The maximum atomic E-state index is 13.2. The first kappa shape index (κ1) is 27.5. The molecule has 10 heteroatoms. The summed E-state index contributed by atoms with van der Waals surface area (Å²) in [6, 6.07) is 17.8. The summed E-state index contributed by atoms with van der Waals surface area (Å²) in [6.07, 6.45) is -3.26. The molecule has 6 nitrogen and oxygen atoms in total. The number of amides is 1. The summed E-state index contributed by atoms with van der Waals surface area (Å²) >= 11 is 0. The van der Waals surface area contributed by atoms with Crippen LogP contribution in [0.5, 0.6) is 0 Å². The molecular formula is C27H24F4N2O4. The van der Waals surface area contributed by atoms with E-state index in [4.69, 9.17) is 20.1 Å². The fourth-order valence-electron chi connectivity index (χ4n) is 3.77. The highest BCUT2D eigenvalue weighted by Gasteiger charge is 2.38. The maximum Gasteiger partial charge on any atom is 0.490 e. The smallest absolute Gasteiger partial charge is 0.475 e. The fraction of sp³-hybridized carbons (Fsp3) is 0.259. The first-order valence-corrected chi connectivity index (χ1v) is 11.3. The Morgan fingerprint density at radius 3 is 2.32 bits per heavy atom. The second kappa shape index (κ2) is 12.2. The number of hydrogen-bond acceptors (Lipinski definition) is 4. The number of benzene rings is 2. The standard InChI is InChI=1S/C25H23FN2O2.C2HF3O2/c26-22-6-2-3-18(16-22)7-8-23-9-10-24(30-23)25(29)28-13-11-20(12-14-28)21-5-1-4-19(15-21)17-27;3-2(4,5)1(6)7/h1-6,9-10,15-16,20H,11-14,17,27H2;(H,6,7). The van der Waals surface area contributed by atoms with Crippen molar-refractivity contribution >= 4 is 11.9 Å². The lowest BCUT2D eigenvalue weighted by atomic mass is 9.88. The summed E-state index contributed by atoms with van der Waals surface area (Å²) in [7, 11) is 0. The minimum atomic E-state index is -5.08. The molecule has 0 bridgehead atoms. The molecule has 0 atom stereocenters. The summed E-state index contributed by atoms with van der Waals surface area (Å²) in [4.78, 5) is 23.5. The molecule has 0 unspecified atom stereocenters. The van der Waals surface area contributed by atoms with Gasteiger partial charge in [-0.2, -0.15) is 13.2 Å². The third-order valence-electron chi connectivity index (χ3n) is 5.65. The van der Waals surface area contributed by atoms with Crippen LogP contribution >= 0.6 is 0 Å². The van der Waals surface area contributed by atoms with Gasteiger partial charge in [0.05, 0.1) is 0 Å². The van der Waals surface area contributed by atoms with E-state index >= 15 is 0 Å². The number of carboxylic acids is 1. The van der Waals surface area contributed by atoms with Gasteiger partial charge in [-0.15, -0.1) is 0 Å². The highest BCUT2D eigenvalue weighted by Crippen LogP contribution is 2.29. The predicted octanol–water partition coefficient (Wildman–Crippen LogP) is 4.93. The van der Waals surface area contributed by atoms with Crippen LogP contribution in [0.15, 0.2) is 65.1 Å². The van der Waals surface area contributed by atoms with Crippen LogP contribution in [-0.2, 0) is 11.3 Å². The van der Waals surface area contributed by atoms with Gasteiger partial charge in [0.1, 0.15) is 5.82 Å². The van der Waals surface area contributed by atoms with E-state index in [-0.39, 0.29) is 17.5 Å². The zero-order valence-electron chi connectivity index (χ0n) is 19.6. The number of hydrogen-bond donors (Lipinski definition) is 2. The van der Waals surface area contributed by atoms with Crippen LogP contribution in [0.3, 0.4) is 0 Å². The molecule has 0 aliphatic carbocycles. The first-order valence-electron chi connectivity index (χ1n) is 11.3. The summed E-state index contributed by atoms with van der Waals surface area (Å²) in [5.41, 5.74) is 8.73. The number of aliphatic carboxylic acids is 1. The van der Waals surface area contributed by atoms with Gasteiger partial charge in [-0.3, -0.25) is 4.79 Å². The molecule has 2 aromatic carbocycles. The van der Waals surface area contributed by atoms with Crippen LogP contribution in [0, 0.1) is 17.7 Å². The van der Waals surface area contributed by atoms with Crippen molar-refractivity contribution in [2.45, 2.75) is 31.5 Å². The van der Waals surface area contributed by atoms with E-state index in [2.05, 4.69) is 24.0 Å². The Labute approximate surface area is 210 Å². The van der Waals surface area contributed by atoms with Crippen LogP contribution in [0.2, 0.25) is 0 Å². The summed E-state index contributed by atoms with van der Waals surface area (Å²) < 4.78 is 50.6. The molecule has 1 aromatic heterocycles. The highest BCUT2D eigenvalue weighted by molar-refractivity contribution is 5.91. The van der Waals surface area contributed by atoms with Crippen LogP contribution in [0.4, 0.5) is 17.6 Å². The number of nitrogens with zero attached hydrogens (tertiary/aromatic N) is 1. The van der Waals surface area contributed by atoms with E-state index < -0.39 is 12.1 Å². The number of furan rings is 1. The van der Waals surface area contributed by atoms with E-state index in [0.29, 0.717) is 36.9 Å². The number of halogens is 4. The second-order valence-corrected chi connectivity index (χ2v) is 8.24. The van der Waals surface area contributed by atoms with Gasteiger partial charge in [-0.25, -0.2) is 9.18 Å². The highest BCUT2D eigenvalue weighted by atomic mass is 19.4. The summed E-state index contributed by atoms with van der Waals surface area (Å²) in [5.74, 6) is 3.57. The van der Waals surface area contributed by atoms with Crippen molar-refractivity contribution in [3.8, 4) is 11.8 Å². The Bertz CT molecular complexity index is 1300. The molecule has 4 rings (SSSR count). The van der Waals surface area contributed by atoms with Gasteiger partial charge in [0.2, 0.25) is 0 Å². The van der Waals surface area contributed by atoms with Crippen molar-refractivity contribution in [2.75, 3.05) is 13.1 Å². The van der Waals surface area contributed by atoms with E-state index in [1.807, 2.05) is 17.0 Å². The molecule has 1 aliphatic rings. The van der Waals surface area contributed by atoms with Crippen LogP contribution in [0.1, 0.15) is 51.8 Å². The van der Waals surface area contributed by atoms with Crippen molar-refractivity contribution in [1.29, 1.82) is 0 Å². The van der Waals surface area contributed by atoms with Gasteiger partial charge in [-0.05, 0) is 66.1 Å². The molecule has 2 heterocycles. The second-order valence-electron chi connectivity index (χ2n) is 8.24. The quantitative estimate of drug-likeness (QED) is 0.380. The number of piperidine rings is 1. The summed E-state index contributed by atoms with van der Waals surface area (Å²) in [6.45, 7) is 1.90. The van der Waals surface area contributed by atoms with Crippen molar-refractivity contribution in [1.82, 2.24) is 4.90 Å². The van der Waals surface area contributed by atoms with Crippen LogP contribution < -0.4 is 5.73 Å². The molecule has 0 spiro atoms. The van der Waals surface area contributed by atoms with Crippen molar-refractivity contribution < 1.29 is 36.7 Å². The molecule has 3 aromatic rings. The Hall–Kier alpha value is -4.10. The monoisotopic (exact) mass is 516 g/mol. The molecule has 1 saturated heterocycles. The third-order valence-corrected chi connectivity index (χ3v) is 5.65. The number of nitrogens with two attached hydrogens (primary N) is 1. The lowest BCUT2D eigenvalue weighted by Crippen LogP contribution is -2.37. The SMILES string of the molecule is NCc1cccc(C2CCN(C(=O)c3ccc(C#Cc4cccc(F)c4)o3)CC2)c1.O=C(O)C(F)(F)F. The number of rotatable bonds is 3. The van der Waals surface area contributed by atoms with E-state index in [1.54, 1.807) is 24.3 Å². The molecular weight excluding hydrogens is 492 g/mol. The van der Waals surface area contributed by atoms with Crippen LogP contribution in [0.25, 0.3) is 0 Å². The lowest BCUT2D eigenvalue weighted by molar-refractivity contribution is -0.192. The van der Waals surface area contributed by atoms with E-state index in [0.717, 1.165) is 18.4 Å². The molecule has 3 N–H and O–H groups in total. The number of carbonyl (C=O) groups is 2. The molecule has 194 valence electrons. The molecule has 1 fully saturated rings. The van der Waals surface area contributed by atoms with Gasteiger partial charge in [0, 0.05) is 25.2 Å². The van der Waals surface area contributed by atoms with Crippen molar-refractivity contribution in [3.05, 3.63) is 94.7 Å². The van der Waals surface area contributed by atoms with Gasteiger partial charge in [0.15, 0.2) is 11.5 Å². The largest absolute Gasteiger partial charge is 0.490 e. The molecule has 37 heavy (non-hydrogen) atoms. The van der Waals surface area contributed by atoms with E-state index in [9.17, 15) is 22.4 Å². The molecule has 0 saturated carbocycles. The third kappa shape index (κ3) is 7.95. The Kier molecular flexibility index (Phi) is 9.09. The van der Waals surface area contributed by atoms with Crippen LogP contribution in [-0.4, -0.2) is 41.1 Å². The Balaban J connectivity index is 0.000000479. The number of likely N-dealkylation sites (tertiary alicyclic amines) is 1. The number of carbonyl (C=O) groups excluding carboxylic acids is 1. The van der Waals surface area contributed by atoms with Crippen molar-refractivity contribution in [3.63, 3.8) is 0 Å². The zero-order chi connectivity index (χ0) is 27.0. The maximum absolute atomic E-state index is 13.2. The zero-order valence-corrected chi connectivity index (χ0v) is 19.6. The Morgan fingerprint density at radius 1 is 1.03 bits per heavy atom. The predicted molar refractivity (Wildman–Crippen MR) is 127 cm³/mol. The minimum Gasteiger partial charge on any atom is -0.475 e. The molecule has 0 radical (unpaired) electrons. The lowest BCUT2D eigenvalue weighted by Gasteiger charge is -2.31. The van der Waals surface area contributed by atoms with Gasteiger partial charge < -0.3 is 20.2 Å².